The van der Waals surface area contributed by atoms with Crippen molar-refractivity contribution in [3.63, 3.8) is 0 Å². The first-order valence-corrected chi connectivity index (χ1v) is 2.84. The van der Waals surface area contributed by atoms with Crippen molar-refractivity contribution < 1.29 is 24.1 Å². The summed E-state index contributed by atoms with van der Waals surface area (Å²) in [5.74, 6) is 0. The highest BCUT2D eigenvalue weighted by Gasteiger charge is 2.17. The molecule has 0 radical (unpaired) electrons. The van der Waals surface area contributed by atoms with E-state index >= 15 is 0 Å². The van der Waals surface area contributed by atoms with E-state index < -0.39 is 12.3 Å². The lowest BCUT2D eigenvalue weighted by molar-refractivity contribution is -0.155. The first-order chi connectivity index (χ1) is 4.79. The summed E-state index contributed by atoms with van der Waals surface area (Å²) in [6, 6.07) is 0. The van der Waals surface area contributed by atoms with Gasteiger partial charge in [-0.05, 0) is 0 Å². The monoisotopic (exact) mass is 148 g/mol. The standard InChI is InChI=1S/C5H8O5/c6-5(7)10-4-1-8-3-9-2-4/h4H,1-3H2,(H,6,7). The van der Waals surface area contributed by atoms with E-state index in [9.17, 15) is 4.79 Å². The normalized spacial score (nSPS) is 20.4. The molecule has 0 bridgehead atoms. The first-order valence-electron chi connectivity index (χ1n) is 2.84. The minimum atomic E-state index is -1.29. The number of rotatable bonds is 1. The number of hydrogen-bond donors (Lipinski definition) is 1. The Morgan fingerprint density at radius 3 is 2.60 bits per heavy atom. The van der Waals surface area contributed by atoms with Crippen LogP contribution in [-0.4, -0.2) is 37.4 Å². The summed E-state index contributed by atoms with van der Waals surface area (Å²) in [4.78, 5) is 9.93. The second kappa shape index (κ2) is 3.38. The van der Waals surface area contributed by atoms with Gasteiger partial charge < -0.3 is 19.3 Å². The van der Waals surface area contributed by atoms with Crippen LogP contribution in [0.3, 0.4) is 0 Å². The van der Waals surface area contributed by atoms with E-state index in [1.54, 1.807) is 0 Å². The SMILES string of the molecule is O=C(O)OC1COCOC1. The molecule has 0 unspecified atom stereocenters. The third-order valence-corrected chi connectivity index (χ3v) is 1.04. The first kappa shape index (κ1) is 7.30. The number of ether oxygens (including phenoxy) is 3. The molecule has 1 saturated heterocycles. The molecule has 0 amide bonds. The molecular weight excluding hydrogens is 140 g/mol. The van der Waals surface area contributed by atoms with Crippen LogP contribution in [0.4, 0.5) is 4.79 Å². The summed E-state index contributed by atoms with van der Waals surface area (Å²) in [5.41, 5.74) is 0. The summed E-state index contributed by atoms with van der Waals surface area (Å²) in [7, 11) is 0. The highest BCUT2D eigenvalue weighted by atomic mass is 16.7. The van der Waals surface area contributed by atoms with Gasteiger partial charge in [0.1, 0.15) is 6.79 Å². The predicted octanol–water partition coefficient (Wildman–Crippen LogP) is 0.0539. The molecule has 1 aliphatic heterocycles. The van der Waals surface area contributed by atoms with Gasteiger partial charge in [0, 0.05) is 0 Å². The van der Waals surface area contributed by atoms with Crippen molar-refractivity contribution in [3.8, 4) is 0 Å². The average molecular weight is 148 g/mol. The zero-order valence-corrected chi connectivity index (χ0v) is 5.28. The van der Waals surface area contributed by atoms with Crippen molar-refractivity contribution in [3.05, 3.63) is 0 Å². The van der Waals surface area contributed by atoms with Crippen LogP contribution in [0.5, 0.6) is 0 Å². The molecule has 5 nitrogen and oxygen atoms in total. The molecule has 5 heteroatoms. The summed E-state index contributed by atoms with van der Waals surface area (Å²) < 4.78 is 13.9. The molecule has 0 aliphatic carbocycles. The third-order valence-electron chi connectivity index (χ3n) is 1.04. The highest BCUT2D eigenvalue weighted by molar-refractivity contribution is 5.57. The van der Waals surface area contributed by atoms with Crippen molar-refractivity contribution in [2.45, 2.75) is 6.10 Å². The molecule has 0 atom stereocenters. The van der Waals surface area contributed by atoms with Gasteiger partial charge in [-0.15, -0.1) is 0 Å². The molecular formula is C5H8O5. The number of carbonyl (C=O) groups is 1. The Balaban J connectivity index is 2.19. The third kappa shape index (κ3) is 2.20. The number of carboxylic acid groups (broad SMARTS) is 1. The molecule has 10 heavy (non-hydrogen) atoms. The Morgan fingerprint density at radius 1 is 1.50 bits per heavy atom. The maximum absolute atomic E-state index is 9.93. The second-order valence-electron chi connectivity index (χ2n) is 1.87. The van der Waals surface area contributed by atoms with Crippen LogP contribution >= 0.6 is 0 Å². The van der Waals surface area contributed by atoms with Gasteiger partial charge in [-0.25, -0.2) is 4.79 Å². The lowest BCUT2D eigenvalue weighted by atomic mass is 10.4. The van der Waals surface area contributed by atoms with Gasteiger partial charge in [-0.1, -0.05) is 0 Å². The summed E-state index contributed by atoms with van der Waals surface area (Å²) >= 11 is 0. The fourth-order valence-corrected chi connectivity index (χ4v) is 0.677. The van der Waals surface area contributed by atoms with E-state index in [0.717, 1.165) is 0 Å². The molecule has 1 fully saturated rings. The minimum absolute atomic E-state index is 0.222. The molecule has 1 heterocycles. The van der Waals surface area contributed by atoms with E-state index in [-0.39, 0.29) is 20.0 Å². The Hall–Kier alpha value is -0.810. The van der Waals surface area contributed by atoms with Crippen LogP contribution in [-0.2, 0) is 14.2 Å². The quantitative estimate of drug-likeness (QED) is 0.532. The molecule has 0 aromatic rings. The van der Waals surface area contributed by atoms with Gasteiger partial charge in [0.15, 0.2) is 6.10 Å². The number of hydrogen-bond acceptors (Lipinski definition) is 4. The van der Waals surface area contributed by atoms with E-state index in [2.05, 4.69) is 4.74 Å². The summed E-state index contributed by atoms with van der Waals surface area (Å²) in [5, 5.41) is 8.13. The largest absolute Gasteiger partial charge is 0.506 e. The van der Waals surface area contributed by atoms with Crippen LogP contribution in [0.1, 0.15) is 0 Å². The van der Waals surface area contributed by atoms with Crippen LogP contribution < -0.4 is 0 Å². The van der Waals surface area contributed by atoms with Gasteiger partial charge in [0.05, 0.1) is 13.2 Å². The molecule has 1 N–H and O–H groups in total. The van der Waals surface area contributed by atoms with Crippen molar-refractivity contribution in [1.82, 2.24) is 0 Å². The van der Waals surface area contributed by atoms with Gasteiger partial charge in [0.2, 0.25) is 0 Å². The molecule has 0 aromatic heterocycles. The molecule has 0 spiro atoms. The van der Waals surface area contributed by atoms with Crippen LogP contribution in [0.2, 0.25) is 0 Å². The predicted molar refractivity (Wildman–Crippen MR) is 29.7 cm³/mol. The Labute approximate surface area is 57.5 Å². The van der Waals surface area contributed by atoms with Gasteiger partial charge >= 0.3 is 6.16 Å². The van der Waals surface area contributed by atoms with Crippen molar-refractivity contribution >= 4 is 6.16 Å². The second-order valence-corrected chi connectivity index (χ2v) is 1.87. The topological polar surface area (TPSA) is 65.0 Å². The van der Waals surface area contributed by atoms with Crippen molar-refractivity contribution in [1.29, 1.82) is 0 Å². The van der Waals surface area contributed by atoms with Crippen molar-refractivity contribution in [2.75, 3.05) is 20.0 Å². The lowest BCUT2D eigenvalue weighted by Crippen LogP contribution is -2.32. The Kier molecular flexibility index (Phi) is 2.47. The molecule has 0 saturated carbocycles. The fraction of sp³-hybridized carbons (Fsp3) is 0.800. The minimum Gasteiger partial charge on any atom is -0.450 e. The fourth-order valence-electron chi connectivity index (χ4n) is 0.677. The Bertz CT molecular complexity index is 117. The smallest absolute Gasteiger partial charge is 0.450 e. The lowest BCUT2D eigenvalue weighted by Gasteiger charge is -2.20. The molecule has 0 aromatic carbocycles. The van der Waals surface area contributed by atoms with Gasteiger partial charge in [-0.3, -0.25) is 0 Å². The van der Waals surface area contributed by atoms with Crippen LogP contribution in [0, 0.1) is 0 Å². The zero-order valence-electron chi connectivity index (χ0n) is 5.28. The van der Waals surface area contributed by atoms with Crippen LogP contribution in [0.15, 0.2) is 0 Å². The molecule has 1 rings (SSSR count). The zero-order chi connectivity index (χ0) is 7.40. The van der Waals surface area contributed by atoms with Gasteiger partial charge in [0.25, 0.3) is 0 Å². The average Bonchev–Trinajstić information content (AvgIpc) is 1.88. The maximum Gasteiger partial charge on any atom is 0.506 e. The van der Waals surface area contributed by atoms with E-state index in [0.29, 0.717) is 0 Å². The van der Waals surface area contributed by atoms with E-state index in [1.807, 2.05) is 0 Å². The summed E-state index contributed by atoms with van der Waals surface area (Å²) in [6.45, 7) is 0.790. The van der Waals surface area contributed by atoms with E-state index in [4.69, 9.17) is 14.6 Å². The summed E-state index contributed by atoms with van der Waals surface area (Å²) in [6.07, 6.45) is -1.76. The van der Waals surface area contributed by atoms with Crippen molar-refractivity contribution in [2.24, 2.45) is 0 Å². The van der Waals surface area contributed by atoms with E-state index in [1.165, 1.54) is 0 Å². The Morgan fingerprint density at radius 2 is 2.10 bits per heavy atom. The van der Waals surface area contributed by atoms with Crippen LogP contribution in [0.25, 0.3) is 0 Å². The maximum atomic E-state index is 9.93. The van der Waals surface area contributed by atoms with Gasteiger partial charge in [-0.2, -0.15) is 0 Å². The molecule has 1 aliphatic rings. The highest BCUT2D eigenvalue weighted by Crippen LogP contribution is 2.00. The molecule has 58 valence electrons.